The van der Waals surface area contributed by atoms with Gasteiger partial charge in [-0.3, -0.25) is 9.59 Å². The molecule has 28 heavy (non-hydrogen) atoms. The summed E-state index contributed by atoms with van der Waals surface area (Å²) in [5.41, 5.74) is 1.93. The molecular weight excluding hydrogens is 364 g/mol. The molecule has 4 atom stereocenters. The average Bonchev–Trinajstić information content (AvgIpc) is 2.90. The number of ether oxygens (including phenoxy) is 3. The smallest absolute Gasteiger partial charge is 0.334 e. The van der Waals surface area contributed by atoms with Gasteiger partial charge in [0.05, 0.1) is 11.8 Å². The molecule has 1 fully saturated rings. The van der Waals surface area contributed by atoms with E-state index >= 15 is 0 Å². The fourth-order valence-corrected chi connectivity index (χ4v) is 3.91. The number of aliphatic hydroxyl groups is 1. The second-order valence-corrected chi connectivity index (χ2v) is 7.82. The Labute approximate surface area is 165 Å². The van der Waals surface area contributed by atoms with E-state index in [-0.39, 0.29) is 31.0 Å². The molecule has 0 bridgehead atoms. The number of rotatable bonds is 8. The average molecular weight is 394 g/mol. The number of hydrogen-bond donors (Lipinski definition) is 1. The number of esters is 3. The van der Waals surface area contributed by atoms with Gasteiger partial charge in [0.15, 0.2) is 0 Å². The molecule has 7 nitrogen and oxygen atoms in total. The lowest BCUT2D eigenvalue weighted by molar-refractivity contribution is -0.150. The van der Waals surface area contributed by atoms with Gasteiger partial charge in [0, 0.05) is 25.5 Å². The van der Waals surface area contributed by atoms with E-state index in [4.69, 9.17) is 14.2 Å². The molecule has 7 heteroatoms. The first kappa shape index (κ1) is 22.1. The predicted molar refractivity (Wildman–Crippen MR) is 101 cm³/mol. The molecule has 0 spiro atoms. The lowest BCUT2D eigenvalue weighted by Crippen LogP contribution is -2.41. The van der Waals surface area contributed by atoms with Crippen LogP contribution in [0.2, 0.25) is 0 Å². The third kappa shape index (κ3) is 4.82. The summed E-state index contributed by atoms with van der Waals surface area (Å²) in [6.07, 6.45) is 0.463. The van der Waals surface area contributed by atoms with Crippen LogP contribution in [0.15, 0.2) is 23.3 Å². The Bertz CT molecular complexity index is 676. The van der Waals surface area contributed by atoms with Gasteiger partial charge < -0.3 is 19.3 Å². The minimum atomic E-state index is -0.698. The summed E-state index contributed by atoms with van der Waals surface area (Å²) in [6.45, 7) is 10.7. The maximum absolute atomic E-state index is 12.1. The van der Waals surface area contributed by atoms with Crippen LogP contribution in [0.25, 0.3) is 0 Å². The van der Waals surface area contributed by atoms with Crippen molar-refractivity contribution in [3.05, 3.63) is 23.3 Å². The summed E-state index contributed by atoms with van der Waals surface area (Å²) >= 11 is 0. The first-order valence-corrected chi connectivity index (χ1v) is 9.73. The van der Waals surface area contributed by atoms with Crippen molar-refractivity contribution in [1.82, 2.24) is 0 Å². The van der Waals surface area contributed by atoms with E-state index in [9.17, 15) is 19.5 Å². The highest BCUT2D eigenvalue weighted by Gasteiger charge is 2.50. The zero-order chi connectivity index (χ0) is 21.0. The Morgan fingerprint density at radius 3 is 2.57 bits per heavy atom. The summed E-state index contributed by atoms with van der Waals surface area (Å²) in [5, 5.41) is 9.21. The van der Waals surface area contributed by atoms with Gasteiger partial charge in [-0.2, -0.15) is 0 Å². The van der Waals surface area contributed by atoms with E-state index in [1.54, 1.807) is 13.8 Å². The van der Waals surface area contributed by atoms with E-state index in [1.807, 2.05) is 6.92 Å². The summed E-state index contributed by atoms with van der Waals surface area (Å²) in [6, 6.07) is 0. The van der Waals surface area contributed by atoms with Crippen molar-refractivity contribution in [1.29, 1.82) is 0 Å². The summed E-state index contributed by atoms with van der Waals surface area (Å²) < 4.78 is 16.5. The number of carbonyl (C=O) groups excluding carboxylic acids is 3. The van der Waals surface area contributed by atoms with Crippen LogP contribution in [0.3, 0.4) is 0 Å². The maximum Gasteiger partial charge on any atom is 0.334 e. The molecule has 0 unspecified atom stereocenters. The quantitative estimate of drug-likeness (QED) is 0.292. The maximum atomic E-state index is 12.1. The molecule has 156 valence electrons. The molecule has 0 radical (unpaired) electrons. The number of hydrogen-bond acceptors (Lipinski definition) is 7. The molecule has 1 saturated heterocycles. The lowest BCUT2D eigenvalue weighted by atomic mass is 9.73. The van der Waals surface area contributed by atoms with E-state index in [1.165, 1.54) is 6.92 Å². The number of aliphatic hydroxyl groups excluding tert-OH is 1. The van der Waals surface area contributed by atoms with Crippen molar-refractivity contribution in [2.45, 2.75) is 59.2 Å². The summed E-state index contributed by atoms with van der Waals surface area (Å²) in [7, 11) is 0. The van der Waals surface area contributed by atoms with E-state index in [0.29, 0.717) is 24.8 Å². The zero-order valence-electron chi connectivity index (χ0n) is 17.0. The highest BCUT2D eigenvalue weighted by molar-refractivity contribution is 5.91. The van der Waals surface area contributed by atoms with Crippen molar-refractivity contribution >= 4 is 17.9 Å². The zero-order valence-corrected chi connectivity index (χ0v) is 17.0. The molecule has 1 aliphatic carbocycles. The Kier molecular flexibility index (Phi) is 7.41. The van der Waals surface area contributed by atoms with Gasteiger partial charge >= 0.3 is 17.9 Å². The van der Waals surface area contributed by atoms with Crippen LogP contribution in [-0.2, 0) is 28.6 Å². The van der Waals surface area contributed by atoms with Crippen molar-refractivity contribution in [3.63, 3.8) is 0 Å². The number of fused-ring (bicyclic) bond motifs is 1. The van der Waals surface area contributed by atoms with Gasteiger partial charge in [-0.25, -0.2) is 4.79 Å². The molecule has 0 amide bonds. The fourth-order valence-electron chi connectivity index (χ4n) is 3.91. The van der Waals surface area contributed by atoms with Crippen molar-refractivity contribution in [3.8, 4) is 0 Å². The molecule has 1 N–H and O–H groups in total. The van der Waals surface area contributed by atoms with E-state index in [0.717, 1.165) is 11.1 Å². The topological polar surface area (TPSA) is 99.1 Å². The summed E-state index contributed by atoms with van der Waals surface area (Å²) in [4.78, 5) is 35.9. The van der Waals surface area contributed by atoms with Gasteiger partial charge in [0.25, 0.3) is 0 Å². The third-order valence-electron chi connectivity index (χ3n) is 5.29. The van der Waals surface area contributed by atoms with Crippen LogP contribution in [0.4, 0.5) is 0 Å². The van der Waals surface area contributed by atoms with Crippen LogP contribution >= 0.6 is 0 Å². The van der Waals surface area contributed by atoms with Crippen LogP contribution in [-0.4, -0.2) is 48.4 Å². The molecule has 0 saturated carbocycles. The van der Waals surface area contributed by atoms with Crippen LogP contribution in [0, 0.1) is 17.8 Å². The van der Waals surface area contributed by atoms with Crippen molar-refractivity contribution in [2.24, 2.45) is 17.8 Å². The molecule has 2 aliphatic rings. The lowest BCUT2D eigenvalue weighted by Gasteiger charge is -2.38. The van der Waals surface area contributed by atoms with Crippen LogP contribution < -0.4 is 0 Å². The standard InChI is InChI=1S/C21H30O7/c1-11(2)20(24)26-10-15-9-16-18(13(4)21(25)28-16)19(27-14(5)23)17(15)12(3)7-6-8-22/h11-12,16,18-19,22H,4,6-10H2,1-3,5H3/t12-,16+,18-,19+/m0/s1. The second-order valence-electron chi connectivity index (χ2n) is 7.82. The molecule has 1 aliphatic heterocycles. The van der Waals surface area contributed by atoms with E-state index < -0.39 is 30.1 Å². The fraction of sp³-hybridized carbons (Fsp3) is 0.667. The Morgan fingerprint density at radius 2 is 2.00 bits per heavy atom. The van der Waals surface area contributed by atoms with Gasteiger partial charge in [-0.15, -0.1) is 0 Å². The third-order valence-corrected chi connectivity index (χ3v) is 5.29. The predicted octanol–water partition coefficient (Wildman–Crippen LogP) is 2.32. The first-order valence-electron chi connectivity index (χ1n) is 9.73. The molecule has 0 aromatic heterocycles. The van der Waals surface area contributed by atoms with Gasteiger partial charge in [0.1, 0.15) is 18.8 Å². The Hall–Kier alpha value is -2.15. The minimum Gasteiger partial charge on any atom is -0.461 e. The highest BCUT2D eigenvalue weighted by Crippen LogP contribution is 2.45. The first-order chi connectivity index (χ1) is 13.2. The molecule has 1 heterocycles. The molecular formula is C21H30O7. The van der Waals surface area contributed by atoms with Gasteiger partial charge in [0.2, 0.25) is 0 Å². The summed E-state index contributed by atoms with van der Waals surface area (Å²) in [5.74, 6) is -2.03. The molecule has 2 rings (SSSR count). The van der Waals surface area contributed by atoms with E-state index in [2.05, 4.69) is 6.58 Å². The highest BCUT2D eigenvalue weighted by atomic mass is 16.6. The van der Waals surface area contributed by atoms with Crippen molar-refractivity contribution in [2.75, 3.05) is 13.2 Å². The Balaban J connectivity index is 2.43. The number of carbonyl (C=O) groups is 3. The van der Waals surface area contributed by atoms with Gasteiger partial charge in [-0.05, 0) is 29.9 Å². The SMILES string of the molecule is C=C1C(=O)O[C@@H]2CC(COC(=O)C(C)C)=C([C@@H](C)CCCO)[C@@H](OC(C)=O)[C@@H]12. The minimum absolute atomic E-state index is 0.0336. The normalized spacial score (nSPS) is 25.4. The van der Waals surface area contributed by atoms with Crippen LogP contribution in [0.1, 0.15) is 47.0 Å². The monoisotopic (exact) mass is 394 g/mol. The van der Waals surface area contributed by atoms with Gasteiger partial charge in [-0.1, -0.05) is 27.4 Å². The molecule has 0 aromatic rings. The van der Waals surface area contributed by atoms with Crippen molar-refractivity contribution < 1.29 is 33.7 Å². The molecule has 0 aromatic carbocycles. The Morgan fingerprint density at radius 1 is 1.32 bits per heavy atom. The largest absolute Gasteiger partial charge is 0.461 e. The van der Waals surface area contributed by atoms with Crippen LogP contribution in [0.5, 0.6) is 0 Å². The second kappa shape index (κ2) is 9.37.